The van der Waals surface area contributed by atoms with Crippen LogP contribution < -0.4 is 10.6 Å². The normalized spacial score (nSPS) is 11.9. The summed E-state index contributed by atoms with van der Waals surface area (Å²) in [7, 11) is 1.82. The molecule has 0 aliphatic rings. The Hall–Kier alpha value is -3.27. The fourth-order valence-electron chi connectivity index (χ4n) is 2.92. The van der Waals surface area contributed by atoms with Gasteiger partial charge in [-0.3, -0.25) is 14.9 Å². The number of aryl methyl sites for hydroxylation is 1. The Morgan fingerprint density at radius 2 is 1.87 bits per heavy atom. The lowest BCUT2D eigenvalue weighted by Crippen LogP contribution is -2.33. The van der Waals surface area contributed by atoms with E-state index in [1.165, 1.54) is 11.8 Å². The highest BCUT2D eigenvalue weighted by Gasteiger charge is 2.25. The molecule has 0 radical (unpaired) electrons. The Labute approximate surface area is 185 Å². The molecule has 2 amide bonds. The number of carbonyl (C=O) groups excluding carboxylic acids is 2. The molecule has 0 aliphatic carbocycles. The lowest BCUT2D eigenvalue weighted by atomic mass is 10.0. The van der Waals surface area contributed by atoms with Gasteiger partial charge in [0.05, 0.1) is 11.8 Å². The first-order chi connectivity index (χ1) is 14.8. The summed E-state index contributed by atoms with van der Waals surface area (Å²) < 4.78 is 1.80. The van der Waals surface area contributed by atoms with Gasteiger partial charge >= 0.3 is 0 Å². The minimum absolute atomic E-state index is 0.0908. The van der Waals surface area contributed by atoms with Gasteiger partial charge in [-0.2, -0.15) is 0 Å². The molecule has 2 N–H and O–H groups in total. The van der Waals surface area contributed by atoms with Gasteiger partial charge in [0.15, 0.2) is 11.0 Å². The molecular formula is C21H25N7O2S. The van der Waals surface area contributed by atoms with Crippen molar-refractivity contribution in [3.05, 3.63) is 59.7 Å². The van der Waals surface area contributed by atoms with Gasteiger partial charge in [-0.25, -0.2) is 9.97 Å². The topological polar surface area (TPSA) is 115 Å². The lowest BCUT2D eigenvalue weighted by Gasteiger charge is -2.21. The highest BCUT2D eigenvalue weighted by atomic mass is 32.2. The summed E-state index contributed by atoms with van der Waals surface area (Å²) in [5.41, 5.74) is 1.62. The number of rotatable bonds is 8. The molecule has 162 valence electrons. The highest BCUT2D eigenvalue weighted by Crippen LogP contribution is 2.24. The summed E-state index contributed by atoms with van der Waals surface area (Å²) >= 11 is 1.25. The molecule has 3 aromatic rings. The summed E-state index contributed by atoms with van der Waals surface area (Å²) in [6, 6.07) is 8.78. The van der Waals surface area contributed by atoms with E-state index in [2.05, 4.69) is 30.8 Å². The second-order valence-corrected chi connectivity index (χ2v) is 8.32. The van der Waals surface area contributed by atoms with E-state index >= 15 is 0 Å². The molecule has 1 atom stereocenters. The van der Waals surface area contributed by atoms with Crippen molar-refractivity contribution in [3.63, 3.8) is 0 Å². The fraction of sp³-hybridized carbons (Fsp3) is 0.333. The van der Waals surface area contributed by atoms with Crippen LogP contribution in [0.3, 0.4) is 0 Å². The van der Waals surface area contributed by atoms with Gasteiger partial charge in [0.2, 0.25) is 11.9 Å². The largest absolute Gasteiger partial charge is 0.342 e. The van der Waals surface area contributed by atoms with Crippen molar-refractivity contribution in [2.24, 2.45) is 13.0 Å². The summed E-state index contributed by atoms with van der Waals surface area (Å²) in [4.78, 5) is 32.8. The Balaban J connectivity index is 1.67. The average Bonchev–Trinajstić information content (AvgIpc) is 3.11. The number of anilines is 1. The zero-order valence-corrected chi connectivity index (χ0v) is 18.7. The summed E-state index contributed by atoms with van der Waals surface area (Å²) in [5.74, 6) is 0.700. The molecule has 2 heterocycles. The molecule has 0 unspecified atom stereocenters. The fourth-order valence-corrected chi connectivity index (χ4v) is 3.64. The minimum Gasteiger partial charge on any atom is -0.342 e. The van der Waals surface area contributed by atoms with Crippen molar-refractivity contribution >= 4 is 29.5 Å². The zero-order valence-electron chi connectivity index (χ0n) is 17.9. The smallest absolute Gasteiger partial charge is 0.251 e. The van der Waals surface area contributed by atoms with Crippen LogP contribution in [0.15, 0.2) is 47.9 Å². The van der Waals surface area contributed by atoms with Crippen LogP contribution in [0.1, 0.15) is 41.6 Å². The molecular weight excluding hydrogens is 414 g/mol. The van der Waals surface area contributed by atoms with Crippen LogP contribution in [0.25, 0.3) is 0 Å². The van der Waals surface area contributed by atoms with E-state index in [-0.39, 0.29) is 35.5 Å². The highest BCUT2D eigenvalue weighted by molar-refractivity contribution is 7.99. The predicted octanol–water partition coefficient (Wildman–Crippen LogP) is 2.77. The number of nitrogens with one attached hydrogen (secondary N) is 2. The minimum atomic E-state index is -0.327. The van der Waals surface area contributed by atoms with Crippen molar-refractivity contribution in [1.29, 1.82) is 0 Å². The van der Waals surface area contributed by atoms with E-state index in [4.69, 9.17) is 0 Å². The first-order valence-electron chi connectivity index (χ1n) is 9.81. The summed E-state index contributed by atoms with van der Waals surface area (Å²) in [5, 5.41) is 14.8. The van der Waals surface area contributed by atoms with E-state index in [1.54, 1.807) is 29.1 Å². The average molecular weight is 440 g/mol. The van der Waals surface area contributed by atoms with Gasteiger partial charge in [-0.15, -0.1) is 10.2 Å². The van der Waals surface area contributed by atoms with E-state index < -0.39 is 0 Å². The first kappa shape index (κ1) is 22.4. The second kappa shape index (κ2) is 10.2. The Bertz CT molecular complexity index is 1050. The van der Waals surface area contributed by atoms with Crippen LogP contribution >= 0.6 is 11.8 Å². The van der Waals surface area contributed by atoms with Gasteiger partial charge in [0, 0.05) is 25.0 Å². The van der Waals surface area contributed by atoms with E-state index in [1.807, 2.05) is 46.0 Å². The molecule has 0 bridgehead atoms. The Kier molecular flexibility index (Phi) is 7.35. The molecule has 0 aliphatic heterocycles. The third-order valence-corrected chi connectivity index (χ3v) is 5.55. The molecule has 0 saturated carbocycles. The van der Waals surface area contributed by atoms with Crippen LogP contribution in [-0.4, -0.2) is 42.3 Å². The number of carbonyl (C=O) groups is 2. The van der Waals surface area contributed by atoms with Crippen LogP contribution in [0, 0.1) is 12.8 Å². The number of amides is 2. The quantitative estimate of drug-likeness (QED) is 0.519. The molecule has 3 rings (SSSR count). The van der Waals surface area contributed by atoms with Crippen LogP contribution in [0.4, 0.5) is 5.95 Å². The van der Waals surface area contributed by atoms with Gasteiger partial charge in [0.25, 0.3) is 5.91 Å². The molecule has 10 heteroatoms. The van der Waals surface area contributed by atoms with E-state index in [9.17, 15) is 9.59 Å². The molecule has 2 aromatic heterocycles. The number of thioether (sulfide) groups is 1. The number of benzene rings is 1. The number of aromatic nitrogens is 5. The van der Waals surface area contributed by atoms with Gasteiger partial charge < -0.3 is 9.88 Å². The standard InChI is InChI=1S/C21H25N7O2S/c1-13(2)17(25-19(30)15-8-5-7-14(3)11-15)18-26-27-21(28(18)4)31-12-16(29)24-20-22-9-6-10-23-20/h5-11,13,17H,12H2,1-4H3,(H,25,30)(H,22,23,24,29)/t17-/m1/s1. The third kappa shape index (κ3) is 5.88. The SMILES string of the molecule is Cc1cccc(C(=O)N[C@@H](c2nnc(SCC(=O)Nc3ncccn3)n2C)C(C)C)c1. The zero-order chi connectivity index (χ0) is 22.4. The monoisotopic (exact) mass is 439 g/mol. The Morgan fingerprint density at radius 1 is 1.13 bits per heavy atom. The van der Waals surface area contributed by atoms with Gasteiger partial charge in [0.1, 0.15) is 0 Å². The molecule has 0 fully saturated rings. The predicted molar refractivity (Wildman–Crippen MR) is 119 cm³/mol. The van der Waals surface area contributed by atoms with E-state index in [0.29, 0.717) is 16.5 Å². The third-order valence-electron chi connectivity index (χ3n) is 4.53. The number of hydrogen-bond acceptors (Lipinski definition) is 7. The lowest BCUT2D eigenvalue weighted by molar-refractivity contribution is -0.113. The Morgan fingerprint density at radius 3 is 2.55 bits per heavy atom. The van der Waals surface area contributed by atoms with Crippen molar-refractivity contribution in [1.82, 2.24) is 30.0 Å². The second-order valence-electron chi connectivity index (χ2n) is 7.37. The van der Waals surface area contributed by atoms with Crippen molar-refractivity contribution in [2.45, 2.75) is 32.0 Å². The maximum Gasteiger partial charge on any atom is 0.251 e. The molecule has 9 nitrogen and oxygen atoms in total. The van der Waals surface area contributed by atoms with Crippen LogP contribution in [0.2, 0.25) is 0 Å². The van der Waals surface area contributed by atoms with Crippen LogP contribution in [0.5, 0.6) is 0 Å². The van der Waals surface area contributed by atoms with Gasteiger partial charge in [-0.05, 0) is 31.0 Å². The molecule has 1 aromatic carbocycles. The molecule has 31 heavy (non-hydrogen) atoms. The first-order valence-corrected chi connectivity index (χ1v) is 10.8. The number of nitrogens with zero attached hydrogens (tertiary/aromatic N) is 5. The maximum absolute atomic E-state index is 12.8. The van der Waals surface area contributed by atoms with Crippen molar-refractivity contribution in [3.8, 4) is 0 Å². The van der Waals surface area contributed by atoms with E-state index in [0.717, 1.165) is 5.56 Å². The summed E-state index contributed by atoms with van der Waals surface area (Å²) in [6.45, 7) is 5.97. The molecule has 0 saturated heterocycles. The van der Waals surface area contributed by atoms with Gasteiger partial charge in [-0.1, -0.05) is 43.3 Å². The van der Waals surface area contributed by atoms with Crippen LogP contribution in [-0.2, 0) is 11.8 Å². The number of hydrogen-bond donors (Lipinski definition) is 2. The van der Waals surface area contributed by atoms with Crippen molar-refractivity contribution < 1.29 is 9.59 Å². The van der Waals surface area contributed by atoms with Crippen molar-refractivity contribution in [2.75, 3.05) is 11.1 Å². The summed E-state index contributed by atoms with van der Waals surface area (Å²) in [6.07, 6.45) is 3.11. The maximum atomic E-state index is 12.8. The molecule has 0 spiro atoms.